The first kappa shape index (κ1) is 23.4. The zero-order valence-corrected chi connectivity index (χ0v) is 19.3. The Morgan fingerprint density at radius 3 is 2.12 bits per heavy atom. The third-order valence-corrected chi connectivity index (χ3v) is 7.34. The van der Waals surface area contributed by atoms with Crippen molar-refractivity contribution in [3.05, 3.63) is 53.6 Å². The molecule has 6 nitrogen and oxygen atoms in total. The number of hydrogen-bond acceptors (Lipinski definition) is 5. The molecule has 0 radical (unpaired) electrons. The summed E-state index contributed by atoms with van der Waals surface area (Å²) in [5, 5.41) is 0. The van der Waals surface area contributed by atoms with Crippen molar-refractivity contribution in [1.29, 1.82) is 0 Å². The summed E-state index contributed by atoms with van der Waals surface area (Å²) in [4.78, 5) is 19.1. The van der Waals surface area contributed by atoms with E-state index in [1.165, 1.54) is 24.3 Å². The predicted octanol–water partition coefficient (Wildman–Crippen LogP) is 3.67. The molecule has 2 fully saturated rings. The third-order valence-electron chi connectivity index (χ3n) is 6.23. The number of benzene rings is 2. The number of rotatable bonds is 5. The Balaban J connectivity index is 1.51. The van der Waals surface area contributed by atoms with Crippen molar-refractivity contribution in [3.63, 3.8) is 0 Å². The first-order valence-corrected chi connectivity index (χ1v) is 12.6. The second-order valence-electron chi connectivity index (χ2n) is 8.62. The maximum absolute atomic E-state index is 13.4. The van der Waals surface area contributed by atoms with Crippen LogP contribution < -0.4 is 9.80 Å². The van der Waals surface area contributed by atoms with Crippen LogP contribution in [-0.4, -0.2) is 64.7 Å². The molecule has 2 aromatic carbocycles. The average molecular weight is 482 g/mol. The minimum Gasteiger partial charge on any atom is -0.371 e. The van der Waals surface area contributed by atoms with Gasteiger partial charge in [-0.05, 0) is 55.3 Å². The Kier molecular flexibility index (Phi) is 6.07. The summed E-state index contributed by atoms with van der Waals surface area (Å²) in [5.41, 5.74) is 1.04. The van der Waals surface area contributed by atoms with E-state index in [-0.39, 0.29) is 10.8 Å². The van der Waals surface area contributed by atoms with Gasteiger partial charge in [-0.3, -0.25) is 4.79 Å². The summed E-state index contributed by atoms with van der Waals surface area (Å²) < 4.78 is 62.6. The standard InChI is InChI=1S/C23H26F3N3O3S/c1-27(17-7-8-17)21-10-9-19(33(2,31)32)15-20(21)22(30)29-13-11-28(12-14-29)18-5-3-16(4-6-18)23(24,25)26/h3-6,9-10,15,17H,7-8,11-14H2,1-2H3. The fraction of sp³-hybridized carbons (Fsp3) is 0.435. The van der Waals surface area contributed by atoms with Crippen molar-refractivity contribution in [3.8, 4) is 0 Å². The molecular weight excluding hydrogens is 455 g/mol. The average Bonchev–Trinajstić information content (AvgIpc) is 3.62. The maximum Gasteiger partial charge on any atom is 0.416 e. The topological polar surface area (TPSA) is 60.9 Å². The molecule has 178 valence electrons. The second kappa shape index (κ2) is 8.55. The van der Waals surface area contributed by atoms with Crippen LogP contribution in [0.3, 0.4) is 0 Å². The normalized spacial score (nSPS) is 17.2. The lowest BCUT2D eigenvalue weighted by atomic mass is 10.1. The highest BCUT2D eigenvalue weighted by atomic mass is 32.2. The molecule has 4 rings (SSSR count). The lowest BCUT2D eigenvalue weighted by molar-refractivity contribution is -0.137. The fourth-order valence-corrected chi connectivity index (χ4v) is 4.73. The monoisotopic (exact) mass is 481 g/mol. The highest BCUT2D eigenvalue weighted by Gasteiger charge is 2.32. The van der Waals surface area contributed by atoms with Crippen LogP contribution >= 0.6 is 0 Å². The Labute approximate surface area is 191 Å². The second-order valence-corrected chi connectivity index (χ2v) is 10.6. The van der Waals surface area contributed by atoms with Gasteiger partial charge in [0.25, 0.3) is 5.91 Å². The number of anilines is 2. The summed E-state index contributed by atoms with van der Waals surface area (Å²) in [7, 11) is -1.56. The minimum absolute atomic E-state index is 0.0992. The smallest absolute Gasteiger partial charge is 0.371 e. The van der Waals surface area contributed by atoms with E-state index in [4.69, 9.17) is 0 Å². The quantitative estimate of drug-likeness (QED) is 0.652. The number of amides is 1. The lowest BCUT2D eigenvalue weighted by Crippen LogP contribution is -2.49. The summed E-state index contributed by atoms with van der Waals surface area (Å²) in [6, 6.07) is 10.0. The molecule has 1 saturated carbocycles. The van der Waals surface area contributed by atoms with E-state index in [1.807, 2.05) is 16.8 Å². The molecule has 1 aliphatic carbocycles. The van der Waals surface area contributed by atoms with Gasteiger partial charge in [0, 0.05) is 56.9 Å². The minimum atomic E-state index is -4.38. The van der Waals surface area contributed by atoms with E-state index in [1.54, 1.807) is 11.0 Å². The molecule has 33 heavy (non-hydrogen) atoms. The summed E-state index contributed by atoms with van der Waals surface area (Å²) in [6.45, 7) is 1.71. The fourth-order valence-electron chi connectivity index (χ4n) is 4.08. The van der Waals surface area contributed by atoms with Gasteiger partial charge in [-0.25, -0.2) is 8.42 Å². The third kappa shape index (κ3) is 5.10. The van der Waals surface area contributed by atoms with Crippen LogP contribution in [0.2, 0.25) is 0 Å². The first-order chi connectivity index (χ1) is 15.4. The van der Waals surface area contributed by atoms with Crippen molar-refractivity contribution >= 4 is 27.1 Å². The van der Waals surface area contributed by atoms with E-state index >= 15 is 0 Å². The van der Waals surface area contributed by atoms with Crippen LogP contribution in [-0.2, 0) is 16.0 Å². The lowest BCUT2D eigenvalue weighted by Gasteiger charge is -2.37. The van der Waals surface area contributed by atoms with Gasteiger partial charge in [0.2, 0.25) is 0 Å². The van der Waals surface area contributed by atoms with E-state index in [2.05, 4.69) is 0 Å². The molecular formula is C23H26F3N3O3S. The van der Waals surface area contributed by atoms with Gasteiger partial charge in [0.05, 0.1) is 16.0 Å². The number of piperazine rings is 1. The van der Waals surface area contributed by atoms with E-state index < -0.39 is 21.6 Å². The molecule has 2 aromatic rings. The maximum atomic E-state index is 13.4. The molecule has 2 aliphatic rings. The van der Waals surface area contributed by atoms with Crippen molar-refractivity contribution < 1.29 is 26.4 Å². The number of alkyl halides is 3. The molecule has 10 heteroatoms. The highest BCUT2D eigenvalue weighted by molar-refractivity contribution is 7.90. The highest BCUT2D eigenvalue weighted by Crippen LogP contribution is 2.34. The van der Waals surface area contributed by atoms with Crippen LogP contribution in [0.1, 0.15) is 28.8 Å². The number of carbonyl (C=O) groups excluding carboxylic acids is 1. The molecule has 0 unspecified atom stereocenters. The summed E-state index contributed by atoms with van der Waals surface area (Å²) in [5.74, 6) is -0.241. The van der Waals surface area contributed by atoms with Gasteiger partial charge >= 0.3 is 6.18 Å². The predicted molar refractivity (Wildman–Crippen MR) is 121 cm³/mol. The van der Waals surface area contributed by atoms with Gasteiger partial charge in [-0.1, -0.05) is 0 Å². The van der Waals surface area contributed by atoms with Gasteiger partial charge < -0.3 is 14.7 Å². The van der Waals surface area contributed by atoms with E-state index in [9.17, 15) is 26.4 Å². The van der Waals surface area contributed by atoms with Gasteiger partial charge in [0.1, 0.15) is 0 Å². The Hall–Kier alpha value is -2.75. The zero-order valence-electron chi connectivity index (χ0n) is 18.5. The summed E-state index contributed by atoms with van der Waals surface area (Å²) >= 11 is 0. The number of nitrogens with zero attached hydrogens (tertiary/aromatic N) is 3. The van der Waals surface area contributed by atoms with Crippen molar-refractivity contribution in [2.75, 3.05) is 49.3 Å². The molecule has 0 N–H and O–H groups in total. The number of sulfone groups is 1. The zero-order chi connectivity index (χ0) is 24.0. The first-order valence-electron chi connectivity index (χ1n) is 10.7. The number of halogens is 3. The molecule has 0 atom stereocenters. The molecule has 1 amide bonds. The van der Waals surface area contributed by atoms with Gasteiger partial charge in [-0.2, -0.15) is 13.2 Å². The van der Waals surface area contributed by atoms with Crippen LogP contribution in [0.5, 0.6) is 0 Å². The SMILES string of the molecule is CN(c1ccc(S(C)(=O)=O)cc1C(=O)N1CCN(c2ccc(C(F)(F)F)cc2)CC1)C1CC1. The molecule has 1 heterocycles. The molecule has 1 saturated heterocycles. The molecule has 0 bridgehead atoms. The van der Waals surface area contributed by atoms with Crippen LogP contribution in [0, 0.1) is 0 Å². The van der Waals surface area contributed by atoms with Crippen LogP contribution in [0.4, 0.5) is 24.5 Å². The molecule has 0 aromatic heterocycles. The van der Waals surface area contributed by atoms with E-state index in [0.717, 1.165) is 31.2 Å². The largest absolute Gasteiger partial charge is 0.416 e. The number of hydrogen-bond donors (Lipinski definition) is 0. The van der Waals surface area contributed by atoms with Crippen molar-refractivity contribution in [2.45, 2.75) is 30.0 Å². The van der Waals surface area contributed by atoms with Crippen LogP contribution in [0.15, 0.2) is 47.4 Å². The van der Waals surface area contributed by atoms with Crippen molar-refractivity contribution in [1.82, 2.24) is 4.90 Å². The Morgan fingerprint density at radius 1 is 1.00 bits per heavy atom. The molecule has 1 aliphatic heterocycles. The van der Waals surface area contributed by atoms with E-state index in [0.29, 0.717) is 49.2 Å². The Bertz CT molecular complexity index is 1140. The Morgan fingerprint density at radius 2 is 1.61 bits per heavy atom. The number of carbonyl (C=O) groups is 1. The molecule has 0 spiro atoms. The van der Waals surface area contributed by atoms with Crippen LogP contribution in [0.25, 0.3) is 0 Å². The van der Waals surface area contributed by atoms with Gasteiger partial charge in [-0.15, -0.1) is 0 Å². The summed E-state index contributed by atoms with van der Waals surface area (Å²) in [6.07, 6.45) is -1.20. The van der Waals surface area contributed by atoms with Crippen molar-refractivity contribution in [2.24, 2.45) is 0 Å². The van der Waals surface area contributed by atoms with Gasteiger partial charge in [0.15, 0.2) is 9.84 Å².